The van der Waals surface area contributed by atoms with Gasteiger partial charge in [0, 0.05) is 18.5 Å². The predicted molar refractivity (Wildman–Crippen MR) is 91.7 cm³/mol. The minimum atomic E-state index is 0.343. The van der Waals surface area contributed by atoms with E-state index in [0.29, 0.717) is 5.78 Å². The molecule has 2 atom stereocenters. The summed E-state index contributed by atoms with van der Waals surface area (Å²) in [6.07, 6.45) is 18.2. The fourth-order valence-electron chi connectivity index (χ4n) is 3.47. The Balaban J connectivity index is 1.89. The largest absolute Gasteiger partial charge is 0.311 e. The zero-order valence-electron chi connectivity index (χ0n) is 14.5. The van der Waals surface area contributed by atoms with Crippen LogP contribution in [0.4, 0.5) is 0 Å². The zero-order chi connectivity index (χ0) is 15.3. The van der Waals surface area contributed by atoms with Crippen molar-refractivity contribution in [3.8, 4) is 0 Å². The highest BCUT2D eigenvalue weighted by Crippen LogP contribution is 2.21. The number of nitrogens with one attached hydrogen (secondary N) is 1. The van der Waals surface area contributed by atoms with Gasteiger partial charge >= 0.3 is 0 Å². The van der Waals surface area contributed by atoms with Crippen molar-refractivity contribution in [1.29, 1.82) is 0 Å². The van der Waals surface area contributed by atoms with Crippen LogP contribution in [0.5, 0.6) is 0 Å². The van der Waals surface area contributed by atoms with Gasteiger partial charge in [0.05, 0.1) is 0 Å². The first-order valence-corrected chi connectivity index (χ1v) is 9.48. The molecule has 0 radical (unpaired) electrons. The van der Waals surface area contributed by atoms with Crippen LogP contribution in [0.1, 0.15) is 104 Å². The van der Waals surface area contributed by atoms with Crippen molar-refractivity contribution in [3.63, 3.8) is 0 Å². The van der Waals surface area contributed by atoms with Crippen LogP contribution in [-0.4, -0.2) is 17.9 Å². The molecule has 0 spiro atoms. The molecule has 1 heterocycles. The Hall–Kier alpha value is -0.370. The van der Waals surface area contributed by atoms with Gasteiger partial charge in [-0.1, -0.05) is 58.3 Å². The summed E-state index contributed by atoms with van der Waals surface area (Å²) in [4.78, 5) is 10.8. The SMILES string of the molecule is CCCCCCC1CCC(CCCCCCCC(C)=O)N1. The van der Waals surface area contributed by atoms with E-state index in [2.05, 4.69) is 12.2 Å². The van der Waals surface area contributed by atoms with Crippen LogP contribution < -0.4 is 5.32 Å². The van der Waals surface area contributed by atoms with E-state index in [1.54, 1.807) is 6.92 Å². The smallest absolute Gasteiger partial charge is 0.129 e. The summed E-state index contributed by atoms with van der Waals surface area (Å²) in [5, 5.41) is 3.84. The van der Waals surface area contributed by atoms with Crippen LogP contribution in [0, 0.1) is 0 Å². The number of hydrogen-bond donors (Lipinski definition) is 1. The summed E-state index contributed by atoms with van der Waals surface area (Å²) in [5.74, 6) is 0.343. The lowest BCUT2D eigenvalue weighted by atomic mass is 10.0. The number of ketones is 1. The van der Waals surface area contributed by atoms with E-state index in [9.17, 15) is 4.79 Å². The molecule has 1 aliphatic rings. The second kappa shape index (κ2) is 12.2. The molecule has 2 nitrogen and oxygen atoms in total. The summed E-state index contributed by atoms with van der Waals surface area (Å²) < 4.78 is 0. The molecule has 1 rings (SSSR count). The van der Waals surface area contributed by atoms with E-state index in [1.165, 1.54) is 77.0 Å². The van der Waals surface area contributed by atoms with Gasteiger partial charge in [-0.15, -0.1) is 0 Å². The van der Waals surface area contributed by atoms with Crippen LogP contribution in [0.25, 0.3) is 0 Å². The van der Waals surface area contributed by atoms with E-state index >= 15 is 0 Å². The molecular formula is C19H37NO. The van der Waals surface area contributed by atoms with Gasteiger partial charge in [-0.25, -0.2) is 0 Å². The predicted octanol–water partition coefficient (Wildman–Crippen LogP) is 5.40. The van der Waals surface area contributed by atoms with Crippen LogP contribution >= 0.6 is 0 Å². The third kappa shape index (κ3) is 10.1. The maximum Gasteiger partial charge on any atom is 0.129 e. The molecule has 1 saturated heterocycles. The fraction of sp³-hybridized carbons (Fsp3) is 0.947. The van der Waals surface area contributed by atoms with Crippen LogP contribution in [-0.2, 0) is 4.79 Å². The van der Waals surface area contributed by atoms with Crippen molar-refractivity contribution < 1.29 is 4.79 Å². The lowest BCUT2D eigenvalue weighted by molar-refractivity contribution is -0.117. The van der Waals surface area contributed by atoms with Gasteiger partial charge < -0.3 is 10.1 Å². The monoisotopic (exact) mass is 295 g/mol. The third-order valence-corrected chi connectivity index (χ3v) is 4.82. The molecule has 0 aliphatic carbocycles. The molecule has 2 heteroatoms. The molecule has 21 heavy (non-hydrogen) atoms. The maximum atomic E-state index is 10.8. The van der Waals surface area contributed by atoms with Crippen molar-refractivity contribution >= 4 is 5.78 Å². The summed E-state index contributed by atoms with van der Waals surface area (Å²) in [5.41, 5.74) is 0. The van der Waals surface area contributed by atoms with E-state index in [0.717, 1.165) is 24.9 Å². The lowest BCUT2D eigenvalue weighted by Gasteiger charge is -2.14. The molecule has 0 aromatic carbocycles. The van der Waals surface area contributed by atoms with Crippen LogP contribution in [0.15, 0.2) is 0 Å². The Morgan fingerprint density at radius 1 is 0.857 bits per heavy atom. The van der Waals surface area contributed by atoms with Gasteiger partial charge in [0.25, 0.3) is 0 Å². The second-order valence-electron chi connectivity index (χ2n) is 7.00. The van der Waals surface area contributed by atoms with Crippen molar-refractivity contribution in [1.82, 2.24) is 5.32 Å². The minimum absolute atomic E-state index is 0.343. The first-order valence-electron chi connectivity index (χ1n) is 9.48. The second-order valence-corrected chi connectivity index (χ2v) is 7.00. The van der Waals surface area contributed by atoms with Crippen molar-refractivity contribution in [3.05, 3.63) is 0 Å². The van der Waals surface area contributed by atoms with Crippen LogP contribution in [0.2, 0.25) is 0 Å². The standard InChI is InChI=1S/C19H37NO/c1-3-4-5-10-13-18-15-16-19(20-18)14-11-8-6-7-9-12-17(2)21/h18-20H,3-16H2,1-2H3. The summed E-state index contributed by atoms with van der Waals surface area (Å²) in [6.45, 7) is 3.98. The number of rotatable bonds is 13. The number of unbranched alkanes of at least 4 members (excludes halogenated alkanes) is 7. The fourth-order valence-corrected chi connectivity index (χ4v) is 3.47. The molecule has 0 aromatic rings. The highest BCUT2D eigenvalue weighted by atomic mass is 16.1. The molecule has 1 aliphatic heterocycles. The molecule has 0 aromatic heterocycles. The molecule has 0 saturated carbocycles. The average Bonchev–Trinajstić information content (AvgIpc) is 2.90. The van der Waals surface area contributed by atoms with Gasteiger partial charge in [0.15, 0.2) is 0 Å². The first-order chi connectivity index (χ1) is 10.2. The van der Waals surface area contributed by atoms with Gasteiger partial charge in [-0.2, -0.15) is 0 Å². The quantitative estimate of drug-likeness (QED) is 0.461. The topological polar surface area (TPSA) is 29.1 Å². The Kier molecular flexibility index (Phi) is 10.9. The Morgan fingerprint density at radius 3 is 1.95 bits per heavy atom. The molecular weight excluding hydrogens is 258 g/mol. The van der Waals surface area contributed by atoms with Crippen LogP contribution in [0.3, 0.4) is 0 Å². The number of carbonyl (C=O) groups is 1. The molecule has 1 fully saturated rings. The van der Waals surface area contributed by atoms with Gasteiger partial charge in [-0.05, 0) is 39.0 Å². The van der Waals surface area contributed by atoms with E-state index in [-0.39, 0.29) is 0 Å². The summed E-state index contributed by atoms with van der Waals surface area (Å²) in [7, 11) is 0. The third-order valence-electron chi connectivity index (χ3n) is 4.82. The van der Waals surface area contributed by atoms with Gasteiger partial charge in [0.1, 0.15) is 5.78 Å². The zero-order valence-corrected chi connectivity index (χ0v) is 14.5. The Bertz CT molecular complexity index is 264. The number of Topliss-reactive ketones (excluding diaryl/α,β-unsaturated/α-hetero) is 1. The number of carbonyl (C=O) groups excluding carboxylic acids is 1. The van der Waals surface area contributed by atoms with E-state index < -0.39 is 0 Å². The number of hydrogen-bond acceptors (Lipinski definition) is 2. The molecule has 0 bridgehead atoms. The van der Waals surface area contributed by atoms with E-state index in [1.807, 2.05) is 0 Å². The van der Waals surface area contributed by atoms with Gasteiger partial charge in [0.2, 0.25) is 0 Å². The molecule has 0 amide bonds. The van der Waals surface area contributed by atoms with Crippen molar-refractivity contribution in [2.75, 3.05) is 0 Å². The van der Waals surface area contributed by atoms with Crippen molar-refractivity contribution in [2.24, 2.45) is 0 Å². The Labute approximate surface area is 132 Å². The van der Waals surface area contributed by atoms with E-state index in [4.69, 9.17) is 0 Å². The summed E-state index contributed by atoms with van der Waals surface area (Å²) >= 11 is 0. The lowest BCUT2D eigenvalue weighted by Crippen LogP contribution is -2.29. The summed E-state index contributed by atoms with van der Waals surface area (Å²) in [6, 6.07) is 1.60. The Morgan fingerprint density at radius 2 is 1.38 bits per heavy atom. The van der Waals surface area contributed by atoms with Gasteiger partial charge in [-0.3, -0.25) is 0 Å². The molecule has 1 N–H and O–H groups in total. The first kappa shape index (κ1) is 18.7. The normalized spacial score (nSPS) is 21.8. The average molecular weight is 296 g/mol. The maximum absolute atomic E-state index is 10.8. The highest BCUT2D eigenvalue weighted by Gasteiger charge is 2.22. The highest BCUT2D eigenvalue weighted by molar-refractivity contribution is 5.75. The molecule has 2 unspecified atom stereocenters. The minimum Gasteiger partial charge on any atom is -0.311 e. The molecule has 124 valence electrons. The van der Waals surface area contributed by atoms with Crippen molar-refractivity contribution in [2.45, 2.75) is 116 Å².